The van der Waals surface area contributed by atoms with Crippen LogP contribution in [0.1, 0.15) is 10.4 Å². The Morgan fingerprint density at radius 2 is 2.00 bits per heavy atom. The van der Waals surface area contributed by atoms with Crippen molar-refractivity contribution in [1.82, 2.24) is 15.0 Å². The Kier molecular flexibility index (Phi) is 3.47. The van der Waals surface area contributed by atoms with Crippen LogP contribution in [0.15, 0.2) is 77.7 Å². The molecule has 130 valence electrons. The summed E-state index contributed by atoms with van der Waals surface area (Å²) >= 11 is 0. The number of hydrogen-bond donors (Lipinski definition) is 2. The van der Waals surface area contributed by atoms with Crippen molar-refractivity contribution in [2.24, 2.45) is 0 Å². The molecule has 0 radical (unpaired) electrons. The van der Waals surface area contributed by atoms with E-state index in [0.29, 0.717) is 16.9 Å². The lowest BCUT2D eigenvalue weighted by molar-refractivity contribution is 0.102. The summed E-state index contributed by atoms with van der Waals surface area (Å²) in [7, 11) is 0. The molecule has 4 heterocycles. The number of carbonyl (C=O) groups excluding carboxylic acids is 1. The van der Waals surface area contributed by atoms with Crippen LogP contribution in [0.2, 0.25) is 0 Å². The van der Waals surface area contributed by atoms with E-state index >= 15 is 0 Å². The van der Waals surface area contributed by atoms with E-state index in [1.165, 1.54) is 6.20 Å². The molecule has 5 rings (SSSR count). The van der Waals surface area contributed by atoms with Crippen LogP contribution in [0.5, 0.6) is 0 Å². The quantitative estimate of drug-likeness (QED) is 0.495. The average Bonchev–Trinajstić information content (AvgIpc) is 3.32. The fourth-order valence-electron chi connectivity index (χ4n) is 3.06. The van der Waals surface area contributed by atoms with E-state index in [9.17, 15) is 4.79 Å². The van der Waals surface area contributed by atoms with Gasteiger partial charge in [0.05, 0.1) is 11.3 Å². The van der Waals surface area contributed by atoms with Crippen molar-refractivity contribution in [3.8, 4) is 11.3 Å². The monoisotopic (exact) mass is 354 g/mol. The molecule has 5 aromatic rings. The lowest BCUT2D eigenvalue weighted by Gasteiger charge is -2.04. The fraction of sp³-hybridized carbons (Fsp3) is 0. The van der Waals surface area contributed by atoms with Gasteiger partial charge in [-0.1, -0.05) is 18.2 Å². The van der Waals surface area contributed by atoms with Crippen molar-refractivity contribution < 1.29 is 9.21 Å². The number of nitrogens with one attached hydrogen (secondary N) is 2. The number of benzene rings is 1. The van der Waals surface area contributed by atoms with Crippen LogP contribution in [0.3, 0.4) is 0 Å². The standard InChI is InChI=1S/C21H14N4O2/c26-21(14-5-3-7-22-10-14)25-17-12-24-20-16(17)8-15(11-23-20)19-9-13-4-1-2-6-18(13)27-19/h1-12H,(H,23,24)(H,25,26). The van der Waals surface area contributed by atoms with Gasteiger partial charge in [0.1, 0.15) is 17.0 Å². The van der Waals surface area contributed by atoms with Crippen LogP contribution in [0.25, 0.3) is 33.3 Å². The maximum absolute atomic E-state index is 12.4. The highest BCUT2D eigenvalue weighted by Crippen LogP contribution is 2.31. The molecule has 1 amide bonds. The number of aromatic amines is 1. The van der Waals surface area contributed by atoms with Crippen molar-refractivity contribution in [3.05, 3.63) is 78.9 Å². The summed E-state index contributed by atoms with van der Waals surface area (Å²) in [5, 5.41) is 4.75. The SMILES string of the molecule is O=C(Nc1c[nH]c2ncc(-c3cc4ccccc4o3)cc12)c1cccnc1. The zero-order valence-electron chi connectivity index (χ0n) is 14.1. The molecule has 0 unspecified atom stereocenters. The number of amides is 1. The number of carbonyl (C=O) groups is 1. The molecule has 4 aromatic heterocycles. The van der Waals surface area contributed by atoms with Crippen LogP contribution < -0.4 is 5.32 Å². The Labute approximate surface area is 153 Å². The van der Waals surface area contributed by atoms with Crippen LogP contribution in [-0.4, -0.2) is 20.9 Å². The van der Waals surface area contributed by atoms with E-state index in [0.717, 1.165) is 27.7 Å². The Morgan fingerprint density at radius 1 is 1.07 bits per heavy atom. The lowest BCUT2D eigenvalue weighted by atomic mass is 10.1. The van der Waals surface area contributed by atoms with Gasteiger partial charge in [0.15, 0.2) is 0 Å². The summed E-state index contributed by atoms with van der Waals surface area (Å²) in [5.74, 6) is 0.509. The van der Waals surface area contributed by atoms with Gasteiger partial charge in [-0.2, -0.15) is 0 Å². The normalized spacial score (nSPS) is 11.1. The van der Waals surface area contributed by atoms with Crippen LogP contribution in [-0.2, 0) is 0 Å². The van der Waals surface area contributed by atoms with E-state index in [1.54, 1.807) is 30.7 Å². The number of para-hydroxylation sites is 1. The number of H-pyrrole nitrogens is 1. The summed E-state index contributed by atoms with van der Waals surface area (Å²) < 4.78 is 5.92. The summed E-state index contributed by atoms with van der Waals surface area (Å²) in [6.07, 6.45) is 6.64. The lowest BCUT2D eigenvalue weighted by Crippen LogP contribution is -2.11. The van der Waals surface area contributed by atoms with Crippen LogP contribution in [0, 0.1) is 0 Å². The Hall–Kier alpha value is -3.93. The van der Waals surface area contributed by atoms with Crippen molar-refractivity contribution in [2.45, 2.75) is 0 Å². The molecule has 0 aliphatic heterocycles. The van der Waals surface area contributed by atoms with Gasteiger partial charge in [-0.05, 0) is 30.3 Å². The first-order valence-corrected chi connectivity index (χ1v) is 8.45. The predicted molar refractivity (Wildman–Crippen MR) is 103 cm³/mol. The molecule has 1 aromatic carbocycles. The van der Waals surface area contributed by atoms with Crippen LogP contribution >= 0.6 is 0 Å². The van der Waals surface area contributed by atoms with Crippen molar-refractivity contribution >= 4 is 33.6 Å². The average molecular weight is 354 g/mol. The molecule has 2 N–H and O–H groups in total. The highest BCUT2D eigenvalue weighted by molar-refractivity contribution is 6.08. The summed E-state index contributed by atoms with van der Waals surface area (Å²) in [6.45, 7) is 0. The van der Waals surface area contributed by atoms with Gasteiger partial charge >= 0.3 is 0 Å². The second-order valence-electron chi connectivity index (χ2n) is 6.17. The van der Waals surface area contributed by atoms with E-state index in [1.807, 2.05) is 36.4 Å². The molecular formula is C21H14N4O2. The number of aromatic nitrogens is 3. The minimum absolute atomic E-state index is 0.224. The molecule has 0 fully saturated rings. The van der Waals surface area contributed by atoms with E-state index in [2.05, 4.69) is 20.3 Å². The third-order valence-electron chi connectivity index (χ3n) is 4.41. The number of hydrogen-bond acceptors (Lipinski definition) is 4. The van der Waals surface area contributed by atoms with Gasteiger partial charge < -0.3 is 14.7 Å². The zero-order chi connectivity index (χ0) is 18.2. The third kappa shape index (κ3) is 2.73. The molecular weight excluding hydrogens is 340 g/mol. The summed E-state index contributed by atoms with van der Waals surface area (Å²) in [4.78, 5) is 23.9. The third-order valence-corrected chi connectivity index (χ3v) is 4.41. The number of nitrogens with zero attached hydrogens (tertiary/aromatic N) is 2. The molecule has 0 bridgehead atoms. The minimum atomic E-state index is -0.224. The smallest absolute Gasteiger partial charge is 0.257 e. The zero-order valence-corrected chi connectivity index (χ0v) is 14.1. The number of pyridine rings is 2. The molecule has 6 nitrogen and oxygen atoms in total. The van der Waals surface area contributed by atoms with Gasteiger partial charge in [-0.15, -0.1) is 0 Å². The Bertz CT molecular complexity index is 1240. The van der Waals surface area contributed by atoms with E-state index in [4.69, 9.17) is 4.42 Å². The Morgan fingerprint density at radius 3 is 2.85 bits per heavy atom. The van der Waals surface area contributed by atoms with Gasteiger partial charge in [0.25, 0.3) is 5.91 Å². The van der Waals surface area contributed by atoms with Crippen molar-refractivity contribution in [2.75, 3.05) is 5.32 Å². The summed E-state index contributed by atoms with van der Waals surface area (Å²) in [5.41, 5.74) is 3.51. The molecule has 0 atom stereocenters. The minimum Gasteiger partial charge on any atom is -0.456 e. The number of rotatable bonds is 3. The number of anilines is 1. The molecule has 0 spiro atoms. The van der Waals surface area contributed by atoms with Gasteiger partial charge in [0.2, 0.25) is 0 Å². The first-order chi connectivity index (χ1) is 13.3. The number of fused-ring (bicyclic) bond motifs is 2. The van der Waals surface area contributed by atoms with Crippen molar-refractivity contribution in [3.63, 3.8) is 0 Å². The van der Waals surface area contributed by atoms with E-state index in [-0.39, 0.29) is 5.91 Å². The molecule has 0 saturated heterocycles. The summed E-state index contributed by atoms with van der Waals surface area (Å²) in [6, 6.07) is 15.2. The number of furan rings is 1. The van der Waals surface area contributed by atoms with Crippen LogP contribution in [0.4, 0.5) is 5.69 Å². The molecule has 0 aliphatic rings. The molecule has 0 aliphatic carbocycles. The van der Waals surface area contributed by atoms with Gasteiger partial charge in [-0.25, -0.2) is 4.98 Å². The maximum Gasteiger partial charge on any atom is 0.257 e. The predicted octanol–water partition coefficient (Wildman–Crippen LogP) is 4.62. The van der Waals surface area contributed by atoms with Gasteiger partial charge in [0, 0.05) is 41.1 Å². The topological polar surface area (TPSA) is 83.8 Å². The second-order valence-corrected chi connectivity index (χ2v) is 6.17. The molecule has 6 heteroatoms. The molecule has 27 heavy (non-hydrogen) atoms. The first-order valence-electron chi connectivity index (χ1n) is 8.45. The second kappa shape index (κ2) is 6.10. The Balaban J connectivity index is 1.53. The highest BCUT2D eigenvalue weighted by Gasteiger charge is 2.13. The largest absolute Gasteiger partial charge is 0.456 e. The maximum atomic E-state index is 12.4. The molecule has 0 saturated carbocycles. The fourth-order valence-corrected chi connectivity index (χ4v) is 3.06. The van der Waals surface area contributed by atoms with Crippen molar-refractivity contribution in [1.29, 1.82) is 0 Å². The van der Waals surface area contributed by atoms with Gasteiger partial charge in [-0.3, -0.25) is 9.78 Å². The van der Waals surface area contributed by atoms with E-state index < -0.39 is 0 Å². The highest BCUT2D eigenvalue weighted by atomic mass is 16.3. The first kappa shape index (κ1) is 15.3.